The minimum Gasteiger partial charge on any atom is -0.448 e. The van der Waals surface area contributed by atoms with Crippen molar-refractivity contribution in [3.63, 3.8) is 0 Å². The van der Waals surface area contributed by atoms with Gasteiger partial charge in [-0.2, -0.15) is 0 Å². The lowest BCUT2D eigenvalue weighted by molar-refractivity contribution is -0.134. The number of piperidine rings is 1. The third-order valence-corrected chi connectivity index (χ3v) is 12.4. The molecule has 2 N–H and O–H groups in total. The molecule has 8 atom stereocenters. The van der Waals surface area contributed by atoms with E-state index in [1.54, 1.807) is 0 Å². The van der Waals surface area contributed by atoms with Crippen molar-refractivity contribution in [2.45, 2.75) is 115 Å². The lowest BCUT2D eigenvalue weighted by atomic mass is 9.67. The van der Waals surface area contributed by atoms with E-state index in [9.17, 15) is 9.59 Å². The summed E-state index contributed by atoms with van der Waals surface area (Å²) in [6, 6.07) is 0.917. The molecule has 0 radical (unpaired) electrons. The van der Waals surface area contributed by atoms with Crippen LogP contribution in [0.3, 0.4) is 0 Å². The Balaban J connectivity index is 1.05. The SMILES string of the molecule is CC1CCC([C@H]2C[C@H]3CCC(C2C(=O)NNC(=O)OCC2C4CCCCC4C4CCCCC42)N3C)CC1. The maximum absolute atomic E-state index is 13.6. The zero-order valence-electron chi connectivity index (χ0n) is 23.3. The van der Waals surface area contributed by atoms with Crippen LogP contribution in [0, 0.1) is 53.3 Å². The van der Waals surface area contributed by atoms with Crippen LogP contribution >= 0.6 is 0 Å². The van der Waals surface area contributed by atoms with Crippen molar-refractivity contribution in [2.75, 3.05) is 13.7 Å². The van der Waals surface area contributed by atoms with Gasteiger partial charge in [0.05, 0.1) is 12.5 Å². The molecule has 2 amide bonds. The molecule has 2 bridgehead atoms. The standard InChI is InChI=1S/C31H51N3O3/c1-19-11-13-20(14-12-19)26-17-21-15-16-28(34(21)2)29(26)30(35)32-33-31(36)37-18-27-24-9-5-3-7-22(24)23-8-4-6-10-25(23)27/h19-29H,3-18H2,1-2H3,(H,32,35)(H,33,36)/t19?,20?,21-,22?,23?,24?,25?,26-,27?,28?,29?/m1/s1. The average molecular weight is 514 g/mol. The summed E-state index contributed by atoms with van der Waals surface area (Å²) in [5, 5.41) is 0. The molecule has 6 nitrogen and oxygen atoms in total. The maximum atomic E-state index is 13.6. The second kappa shape index (κ2) is 11.1. The Morgan fingerprint density at radius 3 is 2.03 bits per heavy atom. The molecule has 0 spiro atoms. The maximum Gasteiger partial charge on any atom is 0.426 e. The summed E-state index contributed by atoms with van der Waals surface area (Å²) >= 11 is 0. The van der Waals surface area contributed by atoms with Gasteiger partial charge < -0.3 is 4.74 Å². The summed E-state index contributed by atoms with van der Waals surface area (Å²) in [5.74, 6) is 5.54. The minimum absolute atomic E-state index is 0.00155. The van der Waals surface area contributed by atoms with Crippen molar-refractivity contribution in [2.24, 2.45) is 53.3 Å². The van der Waals surface area contributed by atoms with Crippen molar-refractivity contribution >= 4 is 12.0 Å². The van der Waals surface area contributed by atoms with Crippen molar-refractivity contribution < 1.29 is 14.3 Å². The van der Waals surface area contributed by atoms with E-state index in [-0.39, 0.29) is 11.8 Å². The topological polar surface area (TPSA) is 70.7 Å². The Hall–Kier alpha value is -1.30. The molecule has 6 aliphatic rings. The summed E-state index contributed by atoms with van der Waals surface area (Å²) in [7, 11) is 2.20. The quantitative estimate of drug-likeness (QED) is 0.459. The number of fused-ring (bicyclic) bond motifs is 5. The van der Waals surface area contributed by atoms with Crippen LogP contribution in [-0.4, -0.2) is 42.6 Å². The van der Waals surface area contributed by atoms with Gasteiger partial charge in [-0.25, -0.2) is 10.2 Å². The zero-order valence-corrected chi connectivity index (χ0v) is 23.3. The van der Waals surface area contributed by atoms with Crippen LogP contribution in [0.5, 0.6) is 0 Å². The lowest BCUT2D eigenvalue weighted by Crippen LogP contribution is -2.56. The molecule has 4 aliphatic carbocycles. The van der Waals surface area contributed by atoms with Crippen LogP contribution in [0.2, 0.25) is 0 Å². The summed E-state index contributed by atoms with van der Waals surface area (Å²) in [6.07, 6.45) is 18.8. The Morgan fingerprint density at radius 2 is 1.38 bits per heavy atom. The van der Waals surface area contributed by atoms with Crippen LogP contribution in [-0.2, 0) is 9.53 Å². The fourth-order valence-corrected chi connectivity index (χ4v) is 10.5. The minimum atomic E-state index is -0.475. The van der Waals surface area contributed by atoms with E-state index >= 15 is 0 Å². The van der Waals surface area contributed by atoms with E-state index in [1.807, 2.05) is 0 Å². The molecule has 4 saturated carbocycles. The number of hydrogen-bond donors (Lipinski definition) is 2. The predicted molar refractivity (Wildman–Crippen MR) is 144 cm³/mol. The van der Waals surface area contributed by atoms with Crippen LogP contribution < -0.4 is 10.9 Å². The van der Waals surface area contributed by atoms with E-state index in [0.29, 0.717) is 36.4 Å². The number of amides is 2. The van der Waals surface area contributed by atoms with Gasteiger partial charge in [-0.15, -0.1) is 0 Å². The number of hydrazine groups is 1. The predicted octanol–water partition coefficient (Wildman–Crippen LogP) is 5.91. The average Bonchev–Trinajstić information content (AvgIpc) is 3.35. The molecule has 0 aromatic rings. The van der Waals surface area contributed by atoms with E-state index < -0.39 is 6.09 Å². The van der Waals surface area contributed by atoms with E-state index in [2.05, 4.69) is 29.7 Å². The van der Waals surface area contributed by atoms with Crippen LogP contribution in [0.4, 0.5) is 4.79 Å². The Kier molecular flexibility index (Phi) is 7.75. The molecular weight excluding hydrogens is 462 g/mol. The molecule has 6 rings (SSSR count). The molecule has 6 fully saturated rings. The first kappa shape index (κ1) is 26.0. The van der Waals surface area contributed by atoms with Gasteiger partial charge >= 0.3 is 6.09 Å². The number of nitrogens with zero attached hydrogens (tertiary/aromatic N) is 1. The fraction of sp³-hybridized carbons (Fsp3) is 0.935. The molecule has 208 valence electrons. The first-order valence-electron chi connectivity index (χ1n) is 16.0. The highest BCUT2D eigenvalue weighted by atomic mass is 16.6. The van der Waals surface area contributed by atoms with Crippen molar-refractivity contribution in [3.8, 4) is 0 Å². The smallest absolute Gasteiger partial charge is 0.426 e. The Morgan fingerprint density at radius 1 is 0.757 bits per heavy atom. The zero-order chi connectivity index (χ0) is 25.5. The van der Waals surface area contributed by atoms with Crippen molar-refractivity contribution in [1.29, 1.82) is 0 Å². The van der Waals surface area contributed by atoms with Crippen LogP contribution in [0.15, 0.2) is 0 Å². The van der Waals surface area contributed by atoms with Gasteiger partial charge in [0.2, 0.25) is 5.91 Å². The van der Waals surface area contributed by atoms with Gasteiger partial charge in [-0.1, -0.05) is 45.4 Å². The third-order valence-electron chi connectivity index (χ3n) is 12.4. The lowest BCUT2D eigenvalue weighted by Gasteiger charge is -2.46. The summed E-state index contributed by atoms with van der Waals surface area (Å²) in [5.41, 5.74) is 5.50. The molecule has 0 aromatic heterocycles. The molecule has 37 heavy (non-hydrogen) atoms. The third kappa shape index (κ3) is 5.05. The molecule has 2 aliphatic heterocycles. The fourth-order valence-electron chi connectivity index (χ4n) is 10.5. The number of carbonyl (C=O) groups is 2. The molecule has 0 aromatic carbocycles. The molecular formula is C31H51N3O3. The second-order valence-corrected chi connectivity index (χ2v) is 14.0. The van der Waals surface area contributed by atoms with Gasteiger partial charge in [-0.05, 0) is 112 Å². The first-order valence-corrected chi connectivity index (χ1v) is 16.0. The van der Waals surface area contributed by atoms with Gasteiger partial charge in [-0.3, -0.25) is 15.1 Å². The molecule has 6 heteroatoms. The van der Waals surface area contributed by atoms with E-state index in [1.165, 1.54) is 83.5 Å². The van der Waals surface area contributed by atoms with Crippen LogP contribution in [0.1, 0.15) is 103 Å². The van der Waals surface area contributed by atoms with Gasteiger partial charge in [0.25, 0.3) is 0 Å². The second-order valence-electron chi connectivity index (χ2n) is 14.0. The van der Waals surface area contributed by atoms with Gasteiger partial charge in [0.1, 0.15) is 0 Å². The Labute approximate surface area is 224 Å². The monoisotopic (exact) mass is 513 g/mol. The van der Waals surface area contributed by atoms with Gasteiger partial charge in [0, 0.05) is 12.1 Å². The van der Waals surface area contributed by atoms with Crippen molar-refractivity contribution in [3.05, 3.63) is 0 Å². The summed E-state index contributed by atoms with van der Waals surface area (Å²) < 4.78 is 5.82. The van der Waals surface area contributed by atoms with E-state index in [0.717, 1.165) is 42.4 Å². The van der Waals surface area contributed by atoms with Gasteiger partial charge in [0.15, 0.2) is 0 Å². The highest BCUT2D eigenvalue weighted by Crippen LogP contribution is 2.57. The summed E-state index contributed by atoms with van der Waals surface area (Å²) in [4.78, 5) is 28.8. The largest absolute Gasteiger partial charge is 0.448 e. The summed E-state index contributed by atoms with van der Waals surface area (Å²) in [6.45, 7) is 2.88. The highest BCUT2D eigenvalue weighted by molar-refractivity contribution is 5.82. The normalized spacial score (nSPS) is 45.5. The number of rotatable bonds is 4. The Bertz CT molecular complexity index is 805. The molecule has 6 unspecified atom stereocenters. The molecule has 2 heterocycles. The van der Waals surface area contributed by atoms with E-state index in [4.69, 9.17) is 4.74 Å². The van der Waals surface area contributed by atoms with Crippen LogP contribution in [0.25, 0.3) is 0 Å². The molecule has 2 saturated heterocycles. The number of carbonyl (C=O) groups excluding carboxylic acids is 2. The number of hydrogen-bond acceptors (Lipinski definition) is 4. The number of ether oxygens (including phenoxy) is 1. The number of nitrogens with one attached hydrogen (secondary N) is 2. The van der Waals surface area contributed by atoms with Crippen molar-refractivity contribution in [1.82, 2.24) is 15.8 Å². The highest BCUT2D eigenvalue weighted by Gasteiger charge is 2.52. The first-order chi connectivity index (χ1) is 18.0.